The summed E-state index contributed by atoms with van der Waals surface area (Å²) in [5.74, 6) is 1.86. The lowest BCUT2D eigenvalue weighted by Gasteiger charge is -2.22. The Morgan fingerprint density at radius 1 is 1.21 bits per heavy atom. The van der Waals surface area contributed by atoms with Crippen LogP contribution in [0.25, 0.3) is 11.0 Å². The van der Waals surface area contributed by atoms with E-state index in [1.165, 1.54) is 0 Å². The number of ether oxygens (including phenoxy) is 1. The SMILES string of the molecule is CCOC(=O)C(CC(C)C)NC(=O)CN.CCc1nc2cc(N(CCCl)CCCl)ccc2n1C. The molecule has 192 valence electrons. The molecule has 1 unspecified atom stereocenters. The van der Waals surface area contributed by atoms with E-state index in [1.54, 1.807) is 6.92 Å². The third kappa shape index (κ3) is 9.31. The predicted octanol–water partition coefficient (Wildman–Crippen LogP) is 3.46. The highest BCUT2D eigenvalue weighted by molar-refractivity contribution is 6.18. The molecule has 3 N–H and O–H groups in total. The van der Waals surface area contributed by atoms with Gasteiger partial charge in [0.25, 0.3) is 0 Å². The van der Waals surface area contributed by atoms with Crippen LogP contribution in [0.2, 0.25) is 0 Å². The van der Waals surface area contributed by atoms with Crippen molar-refractivity contribution >= 4 is 51.8 Å². The zero-order valence-corrected chi connectivity index (χ0v) is 22.5. The van der Waals surface area contributed by atoms with E-state index in [2.05, 4.69) is 51.9 Å². The van der Waals surface area contributed by atoms with Crippen molar-refractivity contribution in [1.29, 1.82) is 0 Å². The number of aryl methyl sites for hydroxylation is 2. The minimum atomic E-state index is -0.582. The summed E-state index contributed by atoms with van der Waals surface area (Å²) in [5.41, 5.74) is 8.49. The molecule has 2 aromatic rings. The molecule has 0 aliphatic rings. The number of benzene rings is 1. The van der Waals surface area contributed by atoms with Crippen molar-refractivity contribution in [3.8, 4) is 0 Å². The summed E-state index contributed by atoms with van der Waals surface area (Å²) in [6, 6.07) is 5.77. The molecule has 0 aliphatic heterocycles. The maximum Gasteiger partial charge on any atom is 0.328 e. The van der Waals surface area contributed by atoms with Crippen LogP contribution in [-0.2, 0) is 27.8 Å². The number of imidazole rings is 1. The number of esters is 1. The molecule has 1 amide bonds. The van der Waals surface area contributed by atoms with Gasteiger partial charge in [-0.05, 0) is 37.5 Å². The molecule has 0 spiro atoms. The average Bonchev–Trinajstić information content (AvgIpc) is 3.13. The lowest BCUT2D eigenvalue weighted by Crippen LogP contribution is -2.45. The van der Waals surface area contributed by atoms with Crippen LogP contribution >= 0.6 is 23.2 Å². The van der Waals surface area contributed by atoms with E-state index in [4.69, 9.17) is 33.7 Å². The fourth-order valence-corrected chi connectivity index (χ4v) is 3.91. The number of aromatic nitrogens is 2. The maximum atomic E-state index is 11.5. The second kappa shape index (κ2) is 15.8. The molecular formula is C24H39Cl2N5O3. The maximum absolute atomic E-state index is 11.5. The lowest BCUT2D eigenvalue weighted by atomic mass is 10.0. The van der Waals surface area contributed by atoms with Crippen LogP contribution in [0.5, 0.6) is 0 Å². The van der Waals surface area contributed by atoms with Crippen LogP contribution in [0.1, 0.15) is 39.9 Å². The third-order valence-electron chi connectivity index (χ3n) is 5.15. The smallest absolute Gasteiger partial charge is 0.328 e. The number of hydrogen-bond acceptors (Lipinski definition) is 6. The standard InChI is InChI=1S/C14H19Cl2N3.C10H20N2O3/c1-3-14-17-12-10-11(4-5-13(12)18(14)2)19(8-6-15)9-7-16;1-4-15-10(14)8(5-7(2)3)12-9(13)6-11/h4-5,10H,3,6-9H2,1-2H3;7-8H,4-6,11H2,1-3H3,(H,12,13). The fraction of sp³-hybridized carbons (Fsp3) is 0.625. The number of halogens is 2. The van der Waals surface area contributed by atoms with Crippen molar-refractivity contribution in [2.24, 2.45) is 18.7 Å². The van der Waals surface area contributed by atoms with Gasteiger partial charge in [0.2, 0.25) is 5.91 Å². The Balaban J connectivity index is 0.000000352. The summed E-state index contributed by atoms with van der Waals surface area (Å²) in [7, 11) is 2.06. The number of hydrogen-bond donors (Lipinski definition) is 2. The van der Waals surface area contributed by atoms with Crippen molar-refractivity contribution in [3.05, 3.63) is 24.0 Å². The average molecular weight is 517 g/mol. The van der Waals surface area contributed by atoms with E-state index in [9.17, 15) is 9.59 Å². The van der Waals surface area contributed by atoms with Crippen molar-refractivity contribution in [2.45, 2.75) is 46.6 Å². The number of nitrogens with one attached hydrogen (secondary N) is 1. The molecule has 2 rings (SSSR count). The topological polar surface area (TPSA) is 102 Å². The molecule has 10 heteroatoms. The van der Waals surface area contributed by atoms with Gasteiger partial charge >= 0.3 is 5.97 Å². The van der Waals surface area contributed by atoms with Gasteiger partial charge < -0.3 is 25.3 Å². The number of fused-ring (bicyclic) bond motifs is 1. The number of anilines is 1. The van der Waals surface area contributed by atoms with Crippen LogP contribution in [0, 0.1) is 5.92 Å². The third-order valence-corrected chi connectivity index (χ3v) is 5.48. The molecule has 1 heterocycles. The molecule has 1 aromatic heterocycles. The summed E-state index contributed by atoms with van der Waals surface area (Å²) in [6.45, 7) is 9.59. The lowest BCUT2D eigenvalue weighted by molar-refractivity contribution is -0.147. The molecule has 34 heavy (non-hydrogen) atoms. The highest BCUT2D eigenvalue weighted by Gasteiger charge is 2.22. The monoisotopic (exact) mass is 515 g/mol. The quantitative estimate of drug-likeness (QED) is 0.331. The first-order valence-corrected chi connectivity index (χ1v) is 12.8. The minimum absolute atomic E-state index is 0.117. The fourth-order valence-electron chi connectivity index (χ4n) is 3.51. The van der Waals surface area contributed by atoms with Gasteiger partial charge in [0.15, 0.2) is 0 Å². The molecule has 8 nitrogen and oxygen atoms in total. The zero-order chi connectivity index (χ0) is 25.7. The van der Waals surface area contributed by atoms with Crippen LogP contribution in [0.3, 0.4) is 0 Å². The Kier molecular flexibility index (Phi) is 13.9. The summed E-state index contributed by atoms with van der Waals surface area (Å²) in [5, 5.41) is 2.54. The van der Waals surface area contributed by atoms with Crippen molar-refractivity contribution in [2.75, 3.05) is 42.9 Å². The van der Waals surface area contributed by atoms with Crippen LogP contribution in [0.4, 0.5) is 5.69 Å². The molecule has 1 aromatic carbocycles. The van der Waals surface area contributed by atoms with Crippen molar-refractivity contribution in [3.63, 3.8) is 0 Å². The van der Waals surface area contributed by atoms with Gasteiger partial charge in [-0.2, -0.15) is 0 Å². The normalized spacial score (nSPS) is 11.7. The van der Waals surface area contributed by atoms with E-state index in [1.807, 2.05) is 13.8 Å². The van der Waals surface area contributed by atoms with Gasteiger partial charge in [-0.15, -0.1) is 23.2 Å². The van der Waals surface area contributed by atoms with Crippen LogP contribution in [0.15, 0.2) is 18.2 Å². The Hall–Kier alpha value is -2.03. The van der Waals surface area contributed by atoms with E-state index >= 15 is 0 Å². The van der Waals surface area contributed by atoms with Crippen molar-refractivity contribution < 1.29 is 14.3 Å². The highest BCUT2D eigenvalue weighted by Crippen LogP contribution is 2.23. The summed E-state index contributed by atoms with van der Waals surface area (Å²) < 4.78 is 7.00. The number of nitrogens with zero attached hydrogens (tertiary/aromatic N) is 3. The molecule has 1 atom stereocenters. The molecule has 0 radical (unpaired) electrons. The number of nitrogens with two attached hydrogens (primary N) is 1. The van der Waals surface area contributed by atoms with Gasteiger partial charge in [0, 0.05) is 44.0 Å². The minimum Gasteiger partial charge on any atom is -0.464 e. The number of carbonyl (C=O) groups is 2. The van der Waals surface area contributed by atoms with Gasteiger partial charge in [0.1, 0.15) is 11.9 Å². The highest BCUT2D eigenvalue weighted by atomic mass is 35.5. The Labute approximate surface area is 213 Å². The van der Waals surface area contributed by atoms with Gasteiger partial charge in [-0.1, -0.05) is 20.8 Å². The summed E-state index contributed by atoms with van der Waals surface area (Å²) in [6.07, 6.45) is 1.50. The van der Waals surface area contributed by atoms with Crippen LogP contribution < -0.4 is 16.0 Å². The first-order valence-electron chi connectivity index (χ1n) is 11.7. The molecule has 0 fully saturated rings. The van der Waals surface area contributed by atoms with Gasteiger partial charge in [-0.25, -0.2) is 9.78 Å². The molecule has 0 aliphatic carbocycles. The predicted molar refractivity (Wildman–Crippen MR) is 141 cm³/mol. The number of rotatable bonds is 12. The molecular weight excluding hydrogens is 477 g/mol. The largest absolute Gasteiger partial charge is 0.464 e. The number of alkyl halides is 2. The van der Waals surface area contributed by atoms with E-state index in [0.717, 1.165) is 42.1 Å². The molecule has 0 saturated carbocycles. The van der Waals surface area contributed by atoms with Crippen molar-refractivity contribution in [1.82, 2.24) is 14.9 Å². The van der Waals surface area contributed by atoms with E-state index in [0.29, 0.717) is 30.7 Å². The second-order valence-corrected chi connectivity index (χ2v) is 8.94. The second-order valence-electron chi connectivity index (χ2n) is 8.18. The Morgan fingerprint density at radius 3 is 2.35 bits per heavy atom. The molecule has 0 saturated heterocycles. The summed E-state index contributed by atoms with van der Waals surface area (Å²) >= 11 is 11.7. The zero-order valence-electron chi connectivity index (χ0n) is 20.9. The number of carbonyl (C=O) groups excluding carboxylic acids is 2. The first-order chi connectivity index (χ1) is 16.2. The Bertz CT molecular complexity index is 898. The van der Waals surface area contributed by atoms with E-state index < -0.39 is 12.0 Å². The molecule has 0 bridgehead atoms. The van der Waals surface area contributed by atoms with Gasteiger partial charge in [0.05, 0.1) is 24.2 Å². The van der Waals surface area contributed by atoms with E-state index in [-0.39, 0.29) is 12.5 Å². The first kappa shape index (κ1) is 30.0. The van der Waals surface area contributed by atoms with Gasteiger partial charge in [-0.3, -0.25) is 4.79 Å². The van der Waals surface area contributed by atoms with Crippen LogP contribution in [-0.4, -0.2) is 65.5 Å². The summed E-state index contributed by atoms with van der Waals surface area (Å²) in [4.78, 5) is 29.4. The Morgan fingerprint density at radius 2 is 1.85 bits per heavy atom. The number of amides is 1.